The molecule has 0 aliphatic carbocycles. The molecule has 0 heterocycles. The maximum absolute atomic E-state index is 11.7. The van der Waals surface area contributed by atoms with Crippen LogP contribution in [0, 0.1) is 0 Å². The predicted octanol–water partition coefficient (Wildman–Crippen LogP) is 1.38. The molecule has 0 aliphatic rings. The highest BCUT2D eigenvalue weighted by Gasteiger charge is 2.05. The molecule has 19 heavy (non-hydrogen) atoms. The Balaban J connectivity index is 2.30. The number of amides is 1. The molecule has 1 atom stereocenters. The second-order valence-corrected chi connectivity index (χ2v) is 4.42. The number of hydrogen-bond donors (Lipinski definition) is 3. The van der Waals surface area contributed by atoms with Crippen molar-refractivity contribution >= 4 is 11.6 Å². The van der Waals surface area contributed by atoms with Gasteiger partial charge < -0.3 is 20.5 Å². The molecule has 3 N–H and O–H groups in total. The van der Waals surface area contributed by atoms with Crippen molar-refractivity contribution in [1.29, 1.82) is 0 Å². The van der Waals surface area contributed by atoms with Gasteiger partial charge in [-0.3, -0.25) is 4.79 Å². The molecule has 1 aromatic carbocycles. The predicted molar refractivity (Wildman–Crippen MR) is 75.4 cm³/mol. The van der Waals surface area contributed by atoms with E-state index in [1.165, 1.54) is 0 Å². The van der Waals surface area contributed by atoms with Gasteiger partial charge in [-0.2, -0.15) is 0 Å². The van der Waals surface area contributed by atoms with Crippen molar-refractivity contribution in [2.24, 2.45) is 0 Å². The van der Waals surface area contributed by atoms with Gasteiger partial charge in [-0.05, 0) is 44.0 Å². The summed E-state index contributed by atoms with van der Waals surface area (Å²) in [5.41, 5.74) is 0.746. The average molecular weight is 266 g/mol. The van der Waals surface area contributed by atoms with Crippen molar-refractivity contribution in [3.05, 3.63) is 24.3 Å². The molecule has 5 heteroatoms. The Hall–Kier alpha value is -1.59. The SMILES string of the molecule is COc1ccc(NC(=O)CNC(C)CCCO)cc1. The molecule has 0 fully saturated rings. The lowest BCUT2D eigenvalue weighted by Crippen LogP contribution is -2.34. The molecule has 1 unspecified atom stereocenters. The zero-order valence-electron chi connectivity index (χ0n) is 11.5. The fraction of sp³-hybridized carbons (Fsp3) is 0.500. The minimum atomic E-state index is -0.0824. The third kappa shape index (κ3) is 6.22. The van der Waals surface area contributed by atoms with Crippen LogP contribution in [0.4, 0.5) is 5.69 Å². The van der Waals surface area contributed by atoms with E-state index in [4.69, 9.17) is 9.84 Å². The van der Waals surface area contributed by atoms with Crippen LogP contribution in [0.5, 0.6) is 5.75 Å². The van der Waals surface area contributed by atoms with Gasteiger partial charge in [-0.1, -0.05) is 0 Å². The molecule has 0 saturated heterocycles. The van der Waals surface area contributed by atoms with Gasteiger partial charge in [-0.25, -0.2) is 0 Å². The number of aliphatic hydroxyl groups is 1. The van der Waals surface area contributed by atoms with E-state index in [9.17, 15) is 4.79 Å². The van der Waals surface area contributed by atoms with E-state index >= 15 is 0 Å². The van der Waals surface area contributed by atoms with Gasteiger partial charge in [0.15, 0.2) is 0 Å². The number of nitrogens with one attached hydrogen (secondary N) is 2. The zero-order chi connectivity index (χ0) is 14.1. The highest BCUT2D eigenvalue weighted by Crippen LogP contribution is 2.14. The molecule has 0 aromatic heterocycles. The Morgan fingerprint density at radius 2 is 2.05 bits per heavy atom. The van der Waals surface area contributed by atoms with Gasteiger partial charge in [0.1, 0.15) is 5.75 Å². The van der Waals surface area contributed by atoms with Gasteiger partial charge in [0.05, 0.1) is 13.7 Å². The monoisotopic (exact) mass is 266 g/mol. The number of ether oxygens (including phenoxy) is 1. The fourth-order valence-corrected chi connectivity index (χ4v) is 1.65. The summed E-state index contributed by atoms with van der Waals surface area (Å²) in [6, 6.07) is 7.41. The van der Waals surface area contributed by atoms with Crippen molar-refractivity contribution < 1.29 is 14.6 Å². The highest BCUT2D eigenvalue weighted by molar-refractivity contribution is 5.92. The summed E-state index contributed by atoms with van der Waals surface area (Å²) in [5, 5.41) is 14.6. The van der Waals surface area contributed by atoms with Crippen LogP contribution < -0.4 is 15.4 Å². The first-order valence-corrected chi connectivity index (χ1v) is 6.44. The molecule has 0 bridgehead atoms. The maximum Gasteiger partial charge on any atom is 0.238 e. The van der Waals surface area contributed by atoms with Crippen LogP contribution in [-0.4, -0.2) is 37.3 Å². The van der Waals surface area contributed by atoms with Crippen molar-refractivity contribution in [3.8, 4) is 5.75 Å². The van der Waals surface area contributed by atoms with E-state index in [0.717, 1.165) is 24.3 Å². The largest absolute Gasteiger partial charge is 0.497 e. The van der Waals surface area contributed by atoms with Crippen LogP contribution in [-0.2, 0) is 4.79 Å². The number of anilines is 1. The van der Waals surface area contributed by atoms with Crippen LogP contribution in [0.15, 0.2) is 24.3 Å². The Morgan fingerprint density at radius 1 is 1.37 bits per heavy atom. The quantitative estimate of drug-likeness (QED) is 0.665. The molecule has 0 spiro atoms. The molecule has 1 amide bonds. The van der Waals surface area contributed by atoms with E-state index in [1.807, 2.05) is 6.92 Å². The van der Waals surface area contributed by atoms with E-state index in [1.54, 1.807) is 31.4 Å². The van der Waals surface area contributed by atoms with E-state index in [-0.39, 0.29) is 25.1 Å². The maximum atomic E-state index is 11.7. The first-order valence-electron chi connectivity index (χ1n) is 6.44. The number of carbonyl (C=O) groups is 1. The smallest absolute Gasteiger partial charge is 0.238 e. The Bertz CT molecular complexity index is 379. The first-order chi connectivity index (χ1) is 9.15. The molecule has 0 radical (unpaired) electrons. The number of aliphatic hydroxyl groups excluding tert-OH is 1. The second kappa shape index (κ2) is 8.50. The number of methoxy groups -OCH3 is 1. The third-order valence-corrected chi connectivity index (χ3v) is 2.78. The Labute approximate surface area is 114 Å². The average Bonchev–Trinajstić information content (AvgIpc) is 2.43. The first kappa shape index (κ1) is 15.5. The van der Waals surface area contributed by atoms with E-state index in [2.05, 4.69) is 10.6 Å². The Kier molecular flexibility index (Phi) is 6.92. The molecule has 0 saturated carbocycles. The van der Waals surface area contributed by atoms with Gasteiger partial charge in [0, 0.05) is 18.3 Å². The van der Waals surface area contributed by atoms with Crippen LogP contribution in [0.25, 0.3) is 0 Å². The third-order valence-electron chi connectivity index (χ3n) is 2.78. The van der Waals surface area contributed by atoms with Crippen LogP contribution in [0.2, 0.25) is 0 Å². The molecule has 106 valence electrons. The summed E-state index contributed by atoms with van der Waals surface area (Å²) in [6.45, 7) is 2.44. The zero-order valence-corrected chi connectivity index (χ0v) is 11.5. The van der Waals surface area contributed by atoms with Crippen molar-refractivity contribution in [3.63, 3.8) is 0 Å². The molecule has 5 nitrogen and oxygen atoms in total. The lowest BCUT2D eigenvalue weighted by molar-refractivity contribution is -0.115. The highest BCUT2D eigenvalue weighted by atomic mass is 16.5. The standard InChI is InChI=1S/C14H22N2O3/c1-11(4-3-9-17)15-10-14(18)16-12-5-7-13(19-2)8-6-12/h5-8,11,15,17H,3-4,9-10H2,1-2H3,(H,16,18). The lowest BCUT2D eigenvalue weighted by atomic mass is 10.2. The molecule has 0 aliphatic heterocycles. The number of carbonyl (C=O) groups excluding carboxylic acids is 1. The molecule has 1 aromatic rings. The topological polar surface area (TPSA) is 70.6 Å². The Morgan fingerprint density at radius 3 is 2.63 bits per heavy atom. The fourth-order valence-electron chi connectivity index (χ4n) is 1.65. The lowest BCUT2D eigenvalue weighted by Gasteiger charge is -2.13. The van der Waals surface area contributed by atoms with Crippen LogP contribution >= 0.6 is 0 Å². The molecule has 1 rings (SSSR count). The molecular weight excluding hydrogens is 244 g/mol. The van der Waals surface area contributed by atoms with Crippen LogP contribution in [0.3, 0.4) is 0 Å². The van der Waals surface area contributed by atoms with Gasteiger partial charge in [0.2, 0.25) is 5.91 Å². The minimum absolute atomic E-state index is 0.0824. The van der Waals surface area contributed by atoms with Gasteiger partial charge in [-0.15, -0.1) is 0 Å². The summed E-state index contributed by atoms with van der Waals surface area (Å²) in [7, 11) is 1.60. The second-order valence-electron chi connectivity index (χ2n) is 4.42. The summed E-state index contributed by atoms with van der Waals surface area (Å²) >= 11 is 0. The van der Waals surface area contributed by atoms with Crippen molar-refractivity contribution in [2.75, 3.05) is 25.6 Å². The molecular formula is C14H22N2O3. The number of benzene rings is 1. The summed E-state index contributed by atoms with van der Waals surface area (Å²) in [4.78, 5) is 11.7. The summed E-state index contributed by atoms with van der Waals surface area (Å²) in [5.74, 6) is 0.676. The number of rotatable bonds is 8. The number of hydrogen-bond acceptors (Lipinski definition) is 4. The minimum Gasteiger partial charge on any atom is -0.497 e. The van der Waals surface area contributed by atoms with Crippen LogP contribution in [0.1, 0.15) is 19.8 Å². The van der Waals surface area contributed by atoms with E-state index in [0.29, 0.717) is 0 Å². The van der Waals surface area contributed by atoms with Crippen molar-refractivity contribution in [1.82, 2.24) is 5.32 Å². The normalized spacial score (nSPS) is 11.9. The van der Waals surface area contributed by atoms with Crippen molar-refractivity contribution in [2.45, 2.75) is 25.8 Å². The van der Waals surface area contributed by atoms with E-state index < -0.39 is 0 Å². The van der Waals surface area contributed by atoms with Gasteiger partial charge in [0.25, 0.3) is 0 Å². The van der Waals surface area contributed by atoms with Gasteiger partial charge >= 0.3 is 0 Å². The summed E-state index contributed by atoms with van der Waals surface area (Å²) < 4.78 is 5.05. The summed E-state index contributed by atoms with van der Waals surface area (Å²) in [6.07, 6.45) is 1.60.